The van der Waals surface area contributed by atoms with E-state index in [1.807, 2.05) is 31.5 Å². The van der Waals surface area contributed by atoms with Gasteiger partial charge in [0.1, 0.15) is 0 Å². The van der Waals surface area contributed by atoms with Gasteiger partial charge < -0.3 is 5.73 Å². The van der Waals surface area contributed by atoms with E-state index in [4.69, 9.17) is 5.73 Å². The van der Waals surface area contributed by atoms with Gasteiger partial charge in [-0.1, -0.05) is 0 Å². The zero-order valence-corrected chi connectivity index (χ0v) is 10.1. The first-order valence-corrected chi connectivity index (χ1v) is 5.26. The number of pyridine rings is 1. The van der Waals surface area contributed by atoms with Crippen molar-refractivity contribution in [2.75, 3.05) is 5.73 Å². The summed E-state index contributed by atoms with van der Waals surface area (Å²) in [4.78, 5) is 4.30. The summed E-state index contributed by atoms with van der Waals surface area (Å²) in [6.07, 6.45) is 1.68. The number of aryl methyl sites for hydroxylation is 2. The molecule has 84 valence electrons. The van der Waals surface area contributed by atoms with Crippen molar-refractivity contribution < 1.29 is 0 Å². The van der Waals surface area contributed by atoms with E-state index in [0.29, 0.717) is 5.69 Å². The summed E-state index contributed by atoms with van der Waals surface area (Å²) in [5.74, 6) is 0.820. The molecule has 4 heteroatoms. The van der Waals surface area contributed by atoms with Gasteiger partial charge >= 0.3 is 0 Å². The summed E-state index contributed by atoms with van der Waals surface area (Å²) >= 11 is 0. The van der Waals surface area contributed by atoms with Crippen molar-refractivity contribution in [2.24, 2.45) is 0 Å². The molecular formula is C12H16N4. The van der Waals surface area contributed by atoms with Crippen LogP contribution in [0.2, 0.25) is 0 Å². The van der Waals surface area contributed by atoms with Gasteiger partial charge in [-0.3, -0.25) is 0 Å². The van der Waals surface area contributed by atoms with E-state index in [2.05, 4.69) is 17.0 Å². The summed E-state index contributed by atoms with van der Waals surface area (Å²) in [5, 5.41) is 4.46. The monoisotopic (exact) mass is 216 g/mol. The zero-order chi connectivity index (χ0) is 11.9. The van der Waals surface area contributed by atoms with Crippen LogP contribution in [0.1, 0.15) is 22.5 Å². The molecule has 2 heterocycles. The van der Waals surface area contributed by atoms with E-state index in [-0.39, 0.29) is 0 Å². The number of nitrogen functional groups attached to an aromatic ring is 1. The molecule has 0 aromatic carbocycles. The molecule has 2 N–H and O–H groups in total. The highest BCUT2D eigenvalue weighted by Crippen LogP contribution is 2.17. The van der Waals surface area contributed by atoms with E-state index in [0.717, 1.165) is 22.8 Å². The lowest BCUT2D eigenvalue weighted by atomic mass is 10.2. The Morgan fingerprint density at radius 2 is 1.88 bits per heavy atom. The van der Waals surface area contributed by atoms with Gasteiger partial charge in [-0.15, -0.1) is 0 Å². The molecule has 2 aromatic rings. The molecule has 0 unspecified atom stereocenters. The fourth-order valence-electron chi connectivity index (χ4n) is 1.61. The number of hydrogen-bond acceptors (Lipinski definition) is 3. The Morgan fingerprint density at radius 3 is 2.38 bits per heavy atom. The molecule has 16 heavy (non-hydrogen) atoms. The molecular weight excluding hydrogens is 200 g/mol. The Labute approximate surface area is 95.1 Å². The maximum atomic E-state index is 5.75. The van der Waals surface area contributed by atoms with Crippen molar-refractivity contribution in [1.82, 2.24) is 14.8 Å². The summed E-state index contributed by atoms with van der Waals surface area (Å²) in [6, 6.07) is 1.95. The summed E-state index contributed by atoms with van der Waals surface area (Å²) in [7, 11) is 0. The summed E-state index contributed by atoms with van der Waals surface area (Å²) < 4.78 is 1.86. The second-order valence-electron chi connectivity index (χ2n) is 4.11. The van der Waals surface area contributed by atoms with Crippen LogP contribution in [0.25, 0.3) is 5.82 Å². The van der Waals surface area contributed by atoms with Crippen molar-refractivity contribution in [1.29, 1.82) is 0 Å². The topological polar surface area (TPSA) is 56.7 Å². The molecule has 0 bridgehead atoms. The predicted octanol–water partition coefficient (Wildman–Crippen LogP) is 2.08. The average molecular weight is 216 g/mol. The Hall–Kier alpha value is -1.84. The third kappa shape index (κ3) is 1.56. The normalized spacial score (nSPS) is 10.8. The standard InChI is InChI=1S/C12H16N4/c1-7-5-12(14-6-11(7)13)16-10(4)8(2)9(3)15-16/h5-6H,13H2,1-4H3. The molecule has 0 atom stereocenters. The molecule has 2 aromatic heterocycles. The number of nitrogens with zero attached hydrogens (tertiary/aromatic N) is 3. The Morgan fingerprint density at radius 1 is 1.19 bits per heavy atom. The first-order chi connectivity index (χ1) is 7.50. The second kappa shape index (κ2) is 3.63. The van der Waals surface area contributed by atoms with Gasteiger partial charge in [0.25, 0.3) is 0 Å². The molecule has 4 nitrogen and oxygen atoms in total. The van der Waals surface area contributed by atoms with Crippen LogP contribution in [0.5, 0.6) is 0 Å². The Bertz CT molecular complexity index is 540. The zero-order valence-electron chi connectivity index (χ0n) is 10.1. The van der Waals surface area contributed by atoms with Crippen molar-refractivity contribution >= 4 is 5.69 Å². The fraction of sp³-hybridized carbons (Fsp3) is 0.333. The van der Waals surface area contributed by atoms with E-state index >= 15 is 0 Å². The number of rotatable bonds is 1. The highest BCUT2D eigenvalue weighted by Gasteiger charge is 2.10. The van der Waals surface area contributed by atoms with Crippen molar-refractivity contribution in [3.8, 4) is 5.82 Å². The van der Waals surface area contributed by atoms with Crippen molar-refractivity contribution in [3.05, 3.63) is 34.8 Å². The van der Waals surface area contributed by atoms with Crippen LogP contribution in [0.4, 0.5) is 5.69 Å². The SMILES string of the molecule is Cc1cc(-n2nc(C)c(C)c2C)ncc1N. The van der Waals surface area contributed by atoms with Gasteiger partial charge in [-0.05, 0) is 44.9 Å². The highest BCUT2D eigenvalue weighted by molar-refractivity contribution is 5.47. The minimum Gasteiger partial charge on any atom is -0.397 e. The lowest BCUT2D eigenvalue weighted by Crippen LogP contribution is -2.03. The Balaban J connectivity index is 2.59. The first-order valence-electron chi connectivity index (χ1n) is 5.26. The van der Waals surface area contributed by atoms with E-state index < -0.39 is 0 Å². The van der Waals surface area contributed by atoms with E-state index in [9.17, 15) is 0 Å². The van der Waals surface area contributed by atoms with Crippen LogP contribution in [0.3, 0.4) is 0 Å². The molecule has 0 fully saturated rings. The molecule has 0 amide bonds. The van der Waals surface area contributed by atoms with Crippen LogP contribution in [-0.4, -0.2) is 14.8 Å². The smallest absolute Gasteiger partial charge is 0.153 e. The van der Waals surface area contributed by atoms with E-state index in [1.54, 1.807) is 6.20 Å². The third-order valence-electron chi connectivity index (χ3n) is 3.01. The average Bonchev–Trinajstić information content (AvgIpc) is 2.50. The summed E-state index contributed by atoms with van der Waals surface area (Å²) in [5.41, 5.74) is 10.8. The first kappa shape index (κ1) is 10.7. The van der Waals surface area contributed by atoms with Crippen LogP contribution in [0, 0.1) is 27.7 Å². The molecule has 0 saturated carbocycles. The highest BCUT2D eigenvalue weighted by atomic mass is 15.3. The van der Waals surface area contributed by atoms with Gasteiger partial charge in [-0.2, -0.15) is 5.10 Å². The number of anilines is 1. The largest absolute Gasteiger partial charge is 0.397 e. The molecule has 0 radical (unpaired) electrons. The van der Waals surface area contributed by atoms with Gasteiger partial charge in [0.15, 0.2) is 5.82 Å². The number of hydrogen-bond donors (Lipinski definition) is 1. The molecule has 0 aliphatic carbocycles. The van der Waals surface area contributed by atoms with Gasteiger partial charge in [0.05, 0.1) is 17.6 Å². The molecule has 0 spiro atoms. The van der Waals surface area contributed by atoms with Crippen molar-refractivity contribution in [3.63, 3.8) is 0 Å². The second-order valence-corrected chi connectivity index (χ2v) is 4.11. The molecule has 2 rings (SSSR count). The van der Waals surface area contributed by atoms with Gasteiger partial charge in [-0.25, -0.2) is 9.67 Å². The third-order valence-corrected chi connectivity index (χ3v) is 3.01. The van der Waals surface area contributed by atoms with Crippen LogP contribution in [0.15, 0.2) is 12.3 Å². The van der Waals surface area contributed by atoms with E-state index in [1.165, 1.54) is 5.56 Å². The molecule has 0 aliphatic heterocycles. The quantitative estimate of drug-likeness (QED) is 0.794. The van der Waals surface area contributed by atoms with Crippen LogP contribution >= 0.6 is 0 Å². The minimum atomic E-state index is 0.710. The van der Waals surface area contributed by atoms with Gasteiger partial charge in [0.2, 0.25) is 0 Å². The van der Waals surface area contributed by atoms with Crippen LogP contribution in [-0.2, 0) is 0 Å². The van der Waals surface area contributed by atoms with Crippen molar-refractivity contribution in [2.45, 2.75) is 27.7 Å². The number of aromatic nitrogens is 3. The van der Waals surface area contributed by atoms with Crippen LogP contribution < -0.4 is 5.73 Å². The maximum Gasteiger partial charge on any atom is 0.153 e. The predicted molar refractivity (Wildman–Crippen MR) is 64.7 cm³/mol. The molecule has 0 saturated heterocycles. The summed E-state index contributed by atoms with van der Waals surface area (Å²) in [6.45, 7) is 8.09. The van der Waals surface area contributed by atoms with Gasteiger partial charge in [0, 0.05) is 5.69 Å². The number of nitrogens with two attached hydrogens (primary N) is 1. The lowest BCUT2D eigenvalue weighted by molar-refractivity contribution is 0.805. The lowest BCUT2D eigenvalue weighted by Gasteiger charge is -2.06. The fourth-order valence-corrected chi connectivity index (χ4v) is 1.61. The maximum absolute atomic E-state index is 5.75. The molecule has 0 aliphatic rings. The minimum absolute atomic E-state index is 0.710. The Kier molecular flexibility index (Phi) is 2.42.